The number of nitrogens with one attached hydrogen (secondary N) is 1. The first-order valence-electron chi connectivity index (χ1n) is 4.64. The van der Waals surface area contributed by atoms with Crippen molar-refractivity contribution in [3.63, 3.8) is 0 Å². The van der Waals surface area contributed by atoms with Crippen molar-refractivity contribution in [2.45, 2.75) is 12.5 Å². The van der Waals surface area contributed by atoms with Crippen LogP contribution in [-0.2, 0) is 6.42 Å². The quantitative estimate of drug-likeness (QED) is 0.863. The van der Waals surface area contributed by atoms with Crippen LogP contribution in [0.5, 0.6) is 0 Å². The first-order chi connectivity index (χ1) is 7.66. The maximum atomic E-state index is 12.9. The number of halogens is 2. The molecule has 0 aliphatic rings. The largest absolute Gasteiger partial charge is 0.386 e. The molecule has 0 fully saturated rings. The van der Waals surface area contributed by atoms with Gasteiger partial charge in [0.25, 0.3) is 0 Å². The normalized spacial score (nSPS) is 12.7. The molecule has 1 atom stereocenters. The summed E-state index contributed by atoms with van der Waals surface area (Å²) >= 11 is 5.63. The van der Waals surface area contributed by atoms with Crippen LogP contribution in [0.1, 0.15) is 17.4 Å². The Balaban J connectivity index is 2.12. The molecule has 0 saturated heterocycles. The number of nitrogens with zero attached hydrogens (tertiary/aromatic N) is 2. The number of hydrogen-bond donors (Lipinski definition) is 2. The first-order valence-corrected chi connectivity index (χ1v) is 5.02. The van der Waals surface area contributed by atoms with Crippen molar-refractivity contribution in [1.29, 1.82) is 0 Å². The van der Waals surface area contributed by atoms with Crippen molar-refractivity contribution in [1.82, 2.24) is 15.4 Å². The predicted octanol–water partition coefficient (Wildman–Crippen LogP) is 1.87. The van der Waals surface area contributed by atoms with Gasteiger partial charge in [0.2, 0.25) is 0 Å². The highest BCUT2D eigenvalue weighted by Gasteiger charge is 2.12. The summed E-state index contributed by atoms with van der Waals surface area (Å²) < 4.78 is 12.9. The molecule has 2 N–H and O–H groups in total. The van der Waals surface area contributed by atoms with Crippen molar-refractivity contribution in [3.05, 3.63) is 46.5 Å². The zero-order valence-corrected chi connectivity index (χ0v) is 8.95. The number of aliphatic hydroxyl groups excluding tert-OH is 1. The SMILES string of the molecule is OC(Cc1ccc(F)c(Cl)c1)c1cn[nH]n1. The second-order valence-electron chi connectivity index (χ2n) is 3.36. The highest BCUT2D eigenvalue weighted by Crippen LogP contribution is 2.20. The number of hydrogen-bond acceptors (Lipinski definition) is 3. The summed E-state index contributed by atoms with van der Waals surface area (Å²) in [5.74, 6) is -0.471. The molecule has 1 heterocycles. The molecular weight excluding hydrogens is 233 g/mol. The number of aliphatic hydroxyl groups is 1. The monoisotopic (exact) mass is 241 g/mol. The summed E-state index contributed by atoms with van der Waals surface area (Å²) in [6.45, 7) is 0. The lowest BCUT2D eigenvalue weighted by Gasteiger charge is -2.07. The molecule has 84 valence electrons. The van der Waals surface area contributed by atoms with Gasteiger partial charge in [-0.3, -0.25) is 0 Å². The van der Waals surface area contributed by atoms with Crippen LogP contribution in [0.2, 0.25) is 5.02 Å². The van der Waals surface area contributed by atoms with Gasteiger partial charge in [-0.25, -0.2) is 4.39 Å². The minimum atomic E-state index is -0.778. The molecule has 6 heteroatoms. The van der Waals surface area contributed by atoms with Gasteiger partial charge in [-0.15, -0.1) is 0 Å². The Hall–Kier alpha value is -1.46. The molecule has 1 unspecified atom stereocenters. The number of H-pyrrole nitrogens is 1. The van der Waals surface area contributed by atoms with Gasteiger partial charge in [-0.2, -0.15) is 15.4 Å². The lowest BCUT2D eigenvalue weighted by Crippen LogP contribution is -2.02. The smallest absolute Gasteiger partial charge is 0.141 e. The molecule has 0 spiro atoms. The standard InChI is InChI=1S/C10H9ClFN3O/c11-7-3-6(1-2-8(7)12)4-10(16)9-5-13-15-14-9/h1-3,5,10,16H,4H2,(H,13,14,15). The van der Waals surface area contributed by atoms with E-state index in [1.807, 2.05) is 0 Å². The average molecular weight is 242 g/mol. The minimum Gasteiger partial charge on any atom is -0.386 e. The highest BCUT2D eigenvalue weighted by molar-refractivity contribution is 6.30. The van der Waals surface area contributed by atoms with Gasteiger partial charge in [0.05, 0.1) is 11.2 Å². The summed E-state index contributed by atoms with van der Waals surface area (Å²) in [4.78, 5) is 0. The molecule has 0 aliphatic heterocycles. The fraction of sp³-hybridized carbons (Fsp3) is 0.200. The Kier molecular flexibility index (Phi) is 3.17. The zero-order chi connectivity index (χ0) is 11.5. The second kappa shape index (κ2) is 4.59. The van der Waals surface area contributed by atoms with E-state index in [9.17, 15) is 9.50 Å². The fourth-order valence-electron chi connectivity index (χ4n) is 1.37. The van der Waals surface area contributed by atoms with Crippen LogP contribution in [0.4, 0.5) is 4.39 Å². The van der Waals surface area contributed by atoms with Crippen LogP contribution < -0.4 is 0 Å². The zero-order valence-electron chi connectivity index (χ0n) is 8.19. The molecule has 1 aromatic carbocycles. The molecular formula is C10H9ClFN3O. The van der Waals surface area contributed by atoms with E-state index in [2.05, 4.69) is 15.4 Å². The van der Waals surface area contributed by atoms with E-state index in [0.29, 0.717) is 12.1 Å². The molecule has 0 bridgehead atoms. The van der Waals surface area contributed by atoms with Crippen molar-refractivity contribution >= 4 is 11.6 Å². The Morgan fingerprint density at radius 2 is 2.31 bits per heavy atom. The summed E-state index contributed by atoms with van der Waals surface area (Å²) in [5, 5.41) is 19.6. The average Bonchev–Trinajstić information content (AvgIpc) is 2.77. The van der Waals surface area contributed by atoms with E-state index < -0.39 is 11.9 Å². The van der Waals surface area contributed by atoms with E-state index in [-0.39, 0.29) is 5.02 Å². The molecule has 0 aliphatic carbocycles. The summed E-state index contributed by atoms with van der Waals surface area (Å²) in [6, 6.07) is 4.33. The number of benzene rings is 1. The Labute approximate surface area is 96.1 Å². The third-order valence-corrected chi connectivity index (χ3v) is 2.48. The van der Waals surface area contributed by atoms with Gasteiger partial charge < -0.3 is 5.11 Å². The van der Waals surface area contributed by atoms with Gasteiger partial charge in [-0.1, -0.05) is 17.7 Å². The number of aromatic amines is 1. The molecule has 2 rings (SSSR count). The van der Waals surface area contributed by atoms with Crippen LogP contribution in [0, 0.1) is 5.82 Å². The van der Waals surface area contributed by atoms with Gasteiger partial charge >= 0.3 is 0 Å². The Morgan fingerprint density at radius 1 is 1.50 bits per heavy atom. The van der Waals surface area contributed by atoms with Crippen molar-refractivity contribution in [2.24, 2.45) is 0 Å². The molecule has 16 heavy (non-hydrogen) atoms. The first kappa shape index (κ1) is 11.0. The lowest BCUT2D eigenvalue weighted by atomic mass is 10.1. The van der Waals surface area contributed by atoms with Crippen molar-refractivity contribution in [2.75, 3.05) is 0 Å². The van der Waals surface area contributed by atoms with Crippen LogP contribution in [0.3, 0.4) is 0 Å². The molecule has 0 radical (unpaired) electrons. The number of aromatic nitrogens is 3. The third-order valence-electron chi connectivity index (χ3n) is 2.19. The van der Waals surface area contributed by atoms with E-state index in [0.717, 1.165) is 5.56 Å². The molecule has 0 saturated carbocycles. The Bertz CT molecular complexity index is 475. The van der Waals surface area contributed by atoms with Crippen LogP contribution in [0.15, 0.2) is 24.4 Å². The van der Waals surface area contributed by atoms with Crippen LogP contribution >= 0.6 is 11.6 Å². The van der Waals surface area contributed by atoms with Gasteiger partial charge in [0.1, 0.15) is 17.6 Å². The van der Waals surface area contributed by atoms with E-state index in [1.54, 1.807) is 6.07 Å². The maximum Gasteiger partial charge on any atom is 0.141 e. The van der Waals surface area contributed by atoms with Crippen molar-refractivity contribution in [3.8, 4) is 0 Å². The topological polar surface area (TPSA) is 61.8 Å². The third kappa shape index (κ3) is 2.37. The molecule has 2 aromatic rings. The molecule has 0 amide bonds. The second-order valence-corrected chi connectivity index (χ2v) is 3.77. The van der Waals surface area contributed by atoms with Gasteiger partial charge in [0, 0.05) is 6.42 Å². The van der Waals surface area contributed by atoms with Gasteiger partial charge in [0.15, 0.2) is 0 Å². The number of rotatable bonds is 3. The molecule has 4 nitrogen and oxygen atoms in total. The van der Waals surface area contributed by atoms with E-state index in [1.165, 1.54) is 18.3 Å². The molecule has 1 aromatic heterocycles. The summed E-state index contributed by atoms with van der Waals surface area (Å²) in [5.41, 5.74) is 1.18. The predicted molar refractivity (Wildman–Crippen MR) is 56.5 cm³/mol. The van der Waals surface area contributed by atoms with Crippen molar-refractivity contribution < 1.29 is 9.50 Å². The van der Waals surface area contributed by atoms with Gasteiger partial charge in [-0.05, 0) is 17.7 Å². The Morgan fingerprint density at radius 3 is 2.94 bits per heavy atom. The van der Waals surface area contributed by atoms with Crippen LogP contribution in [-0.4, -0.2) is 20.5 Å². The lowest BCUT2D eigenvalue weighted by molar-refractivity contribution is 0.173. The maximum absolute atomic E-state index is 12.9. The summed E-state index contributed by atoms with van der Waals surface area (Å²) in [7, 11) is 0. The fourth-order valence-corrected chi connectivity index (χ4v) is 1.57. The highest BCUT2D eigenvalue weighted by atomic mass is 35.5. The summed E-state index contributed by atoms with van der Waals surface area (Å²) in [6.07, 6.45) is 0.975. The minimum absolute atomic E-state index is 0.0462. The van der Waals surface area contributed by atoms with E-state index >= 15 is 0 Å². The van der Waals surface area contributed by atoms with E-state index in [4.69, 9.17) is 11.6 Å². The van der Waals surface area contributed by atoms with Crippen LogP contribution in [0.25, 0.3) is 0 Å².